The van der Waals surface area contributed by atoms with Gasteiger partial charge >= 0.3 is 0 Å². The summed E-state index contributed by atoms with van der Waals surface area (Å²) in [6.45, 7) is 3.48. The summed E-state index contributed by atoms with van der Waals surface area (Å²) in [5.74, 6) is 1.70. The topological polar surface area (TPSA) is 47.7 Å². The minimum absolute atomic E-state index is 0.0225. The van der Waals surface area contributed by atoms with Gasteiger partial charge in [-0.15, -0.1) is 0 Å². The Morgan fingerprint density at radius 1 is 1.30 bits per heavy atom. The van der Waals surface area contributed by atoms with Crippen LogP contribution in [-0.2, 0) is 4.74 Å². The third-order valence-corrected chi connectivity index (χ3v) is 3.72. The number of nitrogens with zero attached hydrogens (tertiary/aromatic N) is 1. The number of methoxy groups -OCH3 is 1. The Kier molecular flexibility index (Phi) is 5.83. The average molecular weight is 278 g/mol. The molecule has 0 spiro atoms. The molecule has 0 amide bonds. The number of nitrogens with two attached hydrogens (primary N) is 1. The van der Waals surface area contributed by atoms with Gasteiger partial charge in [-0.1, -0.05) is 12.1 Å². The van der Waals surface area contributed by atoms with Crippen LogP contribution >= 0.6 is 0 Å². The summed E-state index contributed by atoms with van der Waals surface area (Å²) < 4.78 is 10.8. The van der Waals surface area contributed by atoms with Gasteiger partial charge in [0.2, 0.25) is 0 Å². The van der Waals surface area contributed by atoms with Gasteiger partial charge in [-0.05, 0) is 43.5 Å². The third kappa shape index (κ3) is 5.12. The summed E-state index contributed by atoms with van der Waals surface area (Å²) in [4.78, 5) is 2.22. The zero-order valence-corrected chi connectivity index (χ0v) is 12.5. The second-order valence-corrected chi connectivity index (χ2v) is 5.66. The van der Waals surface area contributed by atoms with E-state index < -0.39 is 0 Å². The second-order valence-electron chi connectivity index (χ2n) is 5.66. The maximum Gasteiger partial charge on any atom is 0.118 e. The smallest absolute Gasteiger partial charge is 0.118 e. The number of rotatable bonds is 9. The molecule has 1 aliphatic rings. The Morgan fingerprint density at radius 3 is 2.60 bits per heavy atom. The van der Waals surface area contributed by atoms with Gasteiger partial charge in [-0.2, -0.15) is 0 Å². The first-order valence-corrected chi connectivity index (χ1v) is 7.35. The first-order valence-electron chi connectivity index (χ1n) is 7.35. The molecule has 1 atom stereocenters. The zero-order chi connectivity index (χ0) is 14.4. The summed E-state index contributed by atoms with van der Waals surface area (Å²) in [6, 6.07) is 7.98. The fourth-order valence-electron chi connectivity index (χ4n) is 2.14. The van der Waals surface area contributed by atoms with Crippen LogP contribution in [-0.4, -0.2) is 45.4 Å². The minimum Gasteiger partial charge on any atom is -0.497 e. The van der Waals surface area contributed by atoms with Gasteiger partial charge in [0.25, 0.3) is 0 Å². The highest BCUT2D eigenvalue weighted by atomic mass is 16.5. The number of benzene rings is 1. The molecular weight excluding hydrogens is 252 g/mol. The molecule has 0 aromatic heterocycles. The van der Waals surface area contributed by atoms with Gasteiger partial charge in [0.05, 0.1) is 13.7 Å². The summed E-state index contributed by atoms with van der Waals surface area (Å²) in [6.07, 6.45) is 2.69. The standard InChI is InChI=1S/C16H26N2O2/c1-18(9-10-20-12-13-3-4-13)11-16(17)14-5-7-15(19-2)8-6-14/h5-8,13,16H,3-4,9-12,17H2,1-2H3. The fraction of sp³-hybridized carbons (Fsp3) is 0.625. The maximum atomic E-state index is 6.23. The van der Waals surface area contributed by atoms with Crippen molar-refractivity contribution in [3.05, 3.63) is 29.8 Å². The normalized spacial score (nSPS) is 16.4. The van der Waals surface area contributed by atoms with Crippen molar-refractivity contribution >= 4 is 0 Å². The van der Waals surface area contributed by atoms with E-state index >= 15 is 0 Å². The number of hydrogen-bond acceptors (Lipinski definition) is 4. The van der Waals surface area contributed by atoms with E-state index in [4.69, 9.17) is 15.2 Å². The molecule has 1 unspecified atom stereocenters. The van der Waals surface area contributed by atoms with Crippen LogP contribution < -0.4 is 10.5 Å². The van der Waals surface area contributed by atoms with Crippen molar-refractivity contribution in [1.82, 2.24) is 4.90 Å². The monoisotopic (exact) mass is 278 g/mol. The molecule has 1 aliphatic carbocycles. The van der Waals surface area contributed by atoms with Crippen LogP contribution in [0.25, 0.3) is 0 Å². The van der Waals surface area contributed by atoms with Crippen LogP contribution in [0.1, 0.15) is 24.4 Å². The van der Waals surface area contributed by atoms with Gasteiger partial charge in [0.1, 0.15) is 5.75 Å². The molecule has 1 fully saturated rings. The molecule has 4 heteroatoms. The van der Waals surface area contributed by atoms with Crippen molar-refractivity contribution < 1.29 is 9.47 Å². The summed E-state index contributed by atoms with van der Waals surface area (Å²) in [5.41, 5.74) is 7.36. The van der Waals surface area contributed by atoms with Gasteiger partial charge < -0.3 is 20.1 Å². The lowest BCUT2D eigenvalue weighted by Gasteiger charge is -2.21. The quantitative estimate of drug-likeness (QED) is 0.702. The number of hydrogen-bond donors (Lipinski definition) is 1. The summed E-state index contributed by atoms with van der Waals surface area (Å²) in [7, 11) is 3.76. The van der Waals surface area contributed by atoms with Gasteiger partial charge in [-0.25, -0.2) is 0 Å². The molecular formula is C16H26N2O2. The summed E-state index contributed by atoms with van der Waals surface area (Å²) >= 11 is 0. The molecule has 1 aromatic rings. The molecule has 20 heavy (non-hydrogen) atoms. The van der Waals surface area contributed by atoms with E-state index in [1.807, 2.05) is 24.3 Å². The van der Waals surface area contributed by atoms with Crippen molar-refractivity contribution in [1.29, 1.82) is 0 Å². The van der Waals surface area contributed by atoms with E-state index in [1.165, 1.54) is 12.8 Å². The van der Waals surface area contributed by atoms with Crippen molar-refractivity contribution in [2.75, 3.05) is 40.5 Å². The van der Waals surface area contributed by atoms with Crippen LogP contribution in [0.15, 0.2) is 24.3 Å². The van der Waals surface area contributed by atoms with E-state index in [9.17, 15) is 0 Å². The lowest BCUT2D eigenvalue weighted by atomic mass is 10.1. The molecule has 4 nitrogen and oxygen atoms in total. The molecule has 2 rings (SSSR count). The molecule has 0 bridgehead atoms. The van der Waals surface area contributed by atoms with Crippen LogP contribution in [0.4, 0.5) is 0 Å². The molecule has 1 aromatic carbocycles. The minimum atomic E-state index is 0.0225. The van der Waals surface area contributed by atoms with E-state index in [1.54, 1.807) is 7.11 Å². The summed E-state index contributed by atoms with van der Waals surface area (Å²) in [5, 5.41) is 0. The highest BCUT2D eigenvalue weighted by Crippen LogP contribution is 2.28. The Bertz CT molecular complexity index is 390. The molecule has 0 aliphatic heterocycles. The molecule has 112 valence electrons. The van der Waals surface area contributed by atoms with Crippen LogP contribution in [0.2, 0.25) is 0 Å². The Balaban J connectivity index is 1.67. The number of ether oxygens (including phenoxy) is 2. The average Bonchev–Trinajstić information content (AvgIpc) is 3.28. The van der Waals surface area contributed by atoms with Crippen LogP contribution in [0.3, 0.4) is 0 Å². The first-order chi connectivity index (χ1) is 9.69. The Labute approximate surface area is 121 Å². The van der Waals surface area contributed by atoms with Crippen molar-refractivity contribution in [2.45, 2.75) is 18.9 Å². The Hall–Kier alpha value is -1.10. The Morgan fingerprint density at radius 2 is 2.00 bits per heavy atom. The molecule has 0 heterocycles. The fourth-order valence-corrected chi connectivity index (χ4v) is 2.14. The van der Waals surface area contributed by atoms with E-state index in [0.29, 0.717) is 0 Å². The van der Waals surface area contributed by atoms with Crippen LogP contribution in [0, 0.1) is 5.92 Å². The van der Waals surface area contributed by atoms with Gasteiger partial charge in [0, 0.05) is 25.7 Å². The number of likely N-dealkylation sites (N-methyl/N-ethyl adjacent to an activating group) is 1. The highest BCUT2D eigenvalue weighted by Gasteiger charge is 2.21. The largest absolute Gasteiger partial charge is 0.497 e. The lowest BCUT2D eigenvalue weighted by Crippen LogP contribution is -2.31. The molecule has 0 saturated heterocycles. The molecule has 1 saturated carbocycles. The second kappa shape index (κ2) is 7.62. The predicted molar refractivity (Wildman–Crippen MR) is 81.0 cm³/mol. The van der Waals surface area contributed by atoms with E-state index in [0.717, 1.165) is 43.5 Å². The van der Waals surface area contributed by atoms with E-state index in [-0.39, 0.29) is 6.04 Å². The van der Waals surface area contributed by atoms with Gasteiger partial charge in [0.15, 0.2) is 0 Å². The maximum absolute atomic E-state index is 6.23. The van der Waals surface area contributed by atoms with Crippen molar-refractivity contribution in [2.24, 2.45) is 11.7 Å². The first kappa shape index (κ1) is 15.3. The lowest BCUT2D eigenvalue weighted by molar-refractivity contribution is 0.102. The van der Waals surface area contributed by atoms with Gasteiger partial charge in [-0.3, -0.25) is 0 Å². The van der Waals surface area contributed by atoms with Crippen molar-refractivity contribution in [3.8, 4) is 5.75 Å². The van der Waals surface area contributed by atoms with E-state index in [2.05, 4.69) is 11.9 Å². The molecule has 2 N–H and O–H groups in total. The van der Waals surface area contributed by atoms with Crippen molar-refractivity contribution in [3.63, 3.8) is 0 Å². The third-order valence-electron chi connectivity index (χ3n) is 3.72. The molecule has 0 radical (unpaired) electrons. The van der Waals surface area contributed by atoms with Crippen LogP contribution in [0.5, 0.6) is 5.75 Å². The SMILES string of the molecule is COc1ccc(C(N)CN(C)CCOCC2CC2)cc1. The zero-order valence-electron chi connectivity index (χ0n) is 12.5. The predicted octanol–water partition coefficient (Wildman–Crippen LogP) is 2.05. The highest BCUT2D eigenvalue weighted by molar-refractivity contribution is 5.29.